The molecule has 1 saturated carbocycles. The Morgan fingerprint density at radius 3 is 2.53 bits per heavy atom. The molecule has 2 rings (SSSR count). The molecule has 1 unspecified atom stereocenters. The quantitative estimate of drug-likeness (QED) is 0.864. The van der Waals surface area contributed by atoms with Crippen LogP contribution in [0, 0.1) is 0 Å². The van der Waals surface area contributed by atoms with Gasteiger partial charge in [-0.25, -0.2) is 0 Å². The van der Waals surface area contributed by atoms with Crippen molar-refractivity contribution < 1.29 is 9.47 Å². The molecule has 1 aliphatic rings. The highest BCUT2D eigenvalue weighted by atomic mass is 79.9. The van der Waals surface area contributed by atoms with Crippen molar-refractivity contribution in [3.05, 3.63) is 28.2 Å². The van der Waals surface area contributed by atoms with Gasteiger partial charge >= 0.3 is 0 Å². The Kier molecular flexibility index (Phi) is 4.87. The number of hydrogen-bond acceptors (Lipinski definition) is 3. The van der Waals surface area contributed by atoms with Gasteiger partial charge in [-0.05, 0) is 50.4 Å². The topological polar surface area (TPSA) is 30.5 Å². The molecule has 0 amide bonds. The predicted octanol–water partition coefficient (Wildman–Crippen LogP) is 3.68. The molecule has 1 atom stereocenters. The third-order valence-corrected chi connectivity index (χ3v) is 4.89. The van der Waals surface area contributed by atoms with E-state index >= 15 is 0 Å². The Labute approximate surface area is 123 Å². The first kappa shape index (κ1) is 14.8. The van der Waals surface area contributed by atoms with Crippen LogP contribution in [0.4, 0.5) is 0 Å². The van der Waals surface area contributed by atoms with Crippen molar-refractivity contribution in [1.29, 1.82) is 0 Å². The zero-order valence-electron chi connectivity index (χ0n) is 11.8. The molecule has 4 heteroatoms. The molecule has 19 heavy (non-hydrogen) atoms. The van der Waals surface area contributed by atoms with Gasteiger partial charge in [0.1, 0.15) is 5.75 Å². The molecule has 0 bridgehead atoms. The van der Waals surface area contributed by atoms with Gasteiger partial charge in [0.05, 0.1) is 12.7 Å². The van der Waals surface area contributed by atoms with Crippen LogP contribution in [0.25, 0.3) is 0 Å². The van der Waals surface area contributed by atoms with E-state index in [2.05, 4.69) is 27.3 Å². The summed E-state index contributed by atoms with van der Waals surface area (Å²) in [4.78, 5) is 0. The summed E-state index contributed by atoms with van der Waals surface area (Å²) in [6, 6.07) is 6.43. The van der Waals surface area contributed by atoms with Crippen molar-refractivity contribution in [2.45, 2.75) is 37.3 Å². The summed E-state index contributed by atoms with van der Waals surface area (Å²) in [5, 5.41) is 3.40. The van der Waals surface area contributed by atoms with Gasteiger partial charge in [0, 0.05) is 17.6 Å². The molecule has 106 valence electrons. The summed E-state index contributed by atoms with van der Waals surface area (Å²) in [5.74, 6) is 0.871. The van der Waals surface area contributed by atoms with E-state index in [9.17, 15) is 0 Å². The number of hydrogen-bond donors (Lipinski definition) is 1. The normalized spacial score (nSPS) is 18.7. The van der Waals surface area contributed by atoms with Gasteiger partial charge in [-0.1, -0.05) is 22.0 Å². The summed E-state index contributed by atoms with van der Waals surface area (Å²) >= 11 is 3.64. The molecule has 0 spiro atoms. The van der Waals surface area contributed by atoms with Crippen LogP contribution in [0.5, 0.6) is 5.75 Å². The highest BCUT2D eigenvalue weighted by molar-refractivity contribution is 9.10. The molecular weight excluding hydrogens is 306 g/mol. The zero-order chi connectivity index (χ0) is 13.9. The lowest BCUT2D eigenvalue weighted by Gasteiger charge is -2.43. The molecule has 1 N–H and O–H groups in total. The van der Waals surface area contributed by atoms with Crippen molar-refractivity contribution in [3.8, 4) is 5.75 Å². The van der Waals surface area contributed by atoms with Crippen LogP contribution in [-0.2, 0) is 4.74 Å². The average molecular weight is 328 g/mol. The van der Waals surface area contributed by atoms with Gasteiger partial charge in [-0.3, -0.25) is 0 Å². The lowest BCUT2D eigenvalue weighted by atomic mass is 9.74. The number of nitrogens with one attached hydrogen (secondary N) is 1. The monoisotopic (exact) mass is 327 g/mol. The predicted molar refractivity (Wildman–Crippen MR) is 80.7 cm³/mol. The second-order valence-corrected chi connectivity index (χ2v) is 6.03. The highest BCUT2D eigenvalue weighted by Gasteiger charge is 2.39. The maximum absolute atomic E-state index is 5.73. The fraction of sp³-hybridized carbons (Fsp3) is 0.600. The third kappa shape index (κ3) is 3.12. The first-order valence-corrected chi connectivity index (χ1v) is 7.49. The Morgan fingerprint density at radius 2 is 2.11 bits per heavy atom. The highest BCUT2D eigenvalue weighted by Crippen LogP contribution is 2.43. The molecule has 0 aliphatic heterocycles. The summed E-state index contributed by atoms with van der Waals surface area (Å²) in [5.41, 5.74) is 1.32. The summed E-state index contributed by atoms with van der Waals surface area (Å²) in [6.45, 7) is 0. The fourth-order valence-corrected chi connectivity index (χ4v) is 3.35. The molecule has 0 heterocycles. The van der Waals surface area contributed by atoms with E-state index in [1.165, 1.54) is 12.0 Å². The van der Waals surface area contributed by atoms with Gasteiger partial charge in [-0.2, -0.15) is 0 Å². The van der Waals surface area contributed by atoms with Crippen molar-refractivity contribution >= 4 is 15.9 Å². The molecule has 1 fully saturated rings. The van der Waals surface area contributed by atoms with Crippen molar-refractivity contribution in [3.63, 3.8) is 0 Å². The second-order valence-electron chi connectivity index (χ2n) is 5.17. The van der Waals surface area contributed by atoms with E-state index in [1.807, 2.05) is 26.3 Å². The first-order chi connectivity index (χ1) is 9.14. The molecule has 0 aromatic heterocycles. The van der Waals surface area contributed by atoms with E-state index in [-0.39, 0.29) is 5.60 Å². The van der Waals surface area contributed by atoms with E-state index in [4.69, 9.17) is 9.47 Å². The van der Waals surface area contributed by atoms with Crippen LogP contribution >= 0.6 is 15.9 Å². The Bertz CT molecular complexity index is 427. The van der Waals surface area contributed by atoms with Gasteiger partial charge in [-0.15, -0.1) is 0 Å². The van der Waals surface area contributed by atoms with Gasteiger partial charge < -0.3 is 14.8 Å². The van der Waals surface area contributed by atoms with Gasteiger partial charge in [0.15, 0.2) is 0 Å². The minimum Gasteiger partial charge on any atom is -0.497 e. The lowest BCUT2D eigenvalue weighted by molar-refractivity contribution is -0.0834. The molecular formula is C15H22BrNO2. The number of ether oxygens (including phenoxy) is 2. The number of halogens is 1. The van der Waals surface area contributed by atoms with Crippen LogP contribution in [-0.4, -0.2) is 26.9 Å². The lowest BCUT2D eigenvalue weighted by Crippen LogP contribution is -2.42. The molecule has 1 aromatic rings. The summed E-state index contributed by atoms with van der Waals surface area (Å²) in [7, 11) is 5.52. The largest absolute Gasteiger partial charge is 0.497 e. The van der Waals surface area contributed by atoms with Crippen molar-refractivity contribution in [1.82, 2.24) is 5.32 Å². The number of methoxy groups -OCH3 is 2. The standard InChI is InChI=1S/C15H22BrNO2/c1-17-14(10-15(19-3)7-4-8-15)12-6-5-11(18-2)9-13(12)16/h5-6,9,14,17H,4,7-8,10H2,1-3H3. The Hall–Kier alpha value is -0.580. The smallest absolute Gasteiger partial charge is 0.120 e. The molecule has 0 saturated heterocycles. The molecule has 1 aromatic carbocycles. The minimum absolute atomic E-state index is 0.0625. The minimum atomic E-state index is 0.0625. The van der Waals surface area contributed by atoms with Crippen LogP contribution in [0.3, 0.4) is 0 Å². The molecule has 1 aliphatic carbocycles. The zero-order valence-corrected chi connectivity index (χ0v) is 13.4. The summed E-state index contributed by atoms with van der Waals surface area (Å²) in [6.07, 6.45) is 4.60. The Morgan fingerprint density at radius 1 is 1.37 bits per heavy atom. The SMILES string of the molecule is CNC(CC1(OC)CCC1)c1ccc(OC)cc1Br. The number of rotatable bonds is 6. The fourth-order valence-electron chi connectivity index (χ4n) is 2.72. The van der Waals surface area contributed by atoms with Crippen molar-refractivity contribution in [2.24, 2.45) is 0 Å². The van der Waals surface area contributed by atoms with Crippen LogP contribution in [0.1, 0.15) is 37.3 Å². The van der Waals surface area contributed by atoms with E-state index in [0.717, 1.165) is 29.5 Å². The van der Waals surface area contributed by atoms with Crippen LogP contribution in [0.15, 0.2) is 22.7 Å². The average Bonchev–Trinajstić information content (AvgIpc) is 2.39. The van der Waals surface area contributed by atoms with Gasteiger partial charge in [0.2, 0.25) is 0 Å². The van der Waals surface area contributed by atoms with Crippen LogP contribution in [0.2, 0.25) is 0 Å². The van der Waals surface area contributed by atoms with Crippen LogP contribution < -0.4 is 10.1 Å². The third-order valence-electron chi connectivity index (χ3n) is 4.21. The van der Waals surface area contributed by atoms with Crippen molar-refractivity contribution in [2.75, 3.05) is 21.3 Å². The number of benzene rings is 1. The molecule has 3 nitrogen and oxygen atoms in total. The van der Waals surface area contributed by atoms with E-state index < -0.39 is 0 Å². The maximum Gasteiger partial charge on any atom is 0.120 e. The van der Waals surface area contributed by atoms with Gasteiger partial charge in [0.25, 0.3) is 0 Å². The second kappa shape index (κ2) is 6.25. The molecule has 0 radical (unpaired) electrons. The van der Waals surface area contributed by atoms with E-state index in [0.29, 0.717) is 6.04 Å². The maximum atomic E-state index is 5.73. The Balaban J connectivity index is 2.17. The van der Waals surface area contributed by atoms with E-state index in [1.54, 1.807) is 7.11 Å². The first-order valence-electron chi connectivity index (χ1n) is 6.70. The summed E-state index contributed by atoms with van der Waals surface area (Å²) < 4.78 is 12.1.